The van der Waals surface area contributed by atoms with E-state index < -0.39 is 0 Å². The normalized spacial score (nSPS) is 14.7. The van der Waals surface area contributed by atoms with E-state index in [0.29, 0.717) is 0 Å². The Hall–Kier alpha value is -2.61. The Morgan fingerprint density at radius 1 is 0.850 bits per heavy atom. The molecule has 4 rings (SSSR count). The minimum atomic E-state index is 0.886. The van der Waals surface area contributed by atoms with Crippen molar-refractivity contribution in [2.75, 3.05) is 0 Å². The van der Waals surface area contributed by atoms with Gasteiger partial charge in [-0.25, -0.2) is 4.99 Å². The number of hydrogen-bond acceptors (Lipinski definition) is 1. The standard InChI is InChI=1S/C18H14N2/c1-2-12-18(19-13-7-1)20-16-10-5-3-8-14(16)15-9-4-6-11-17(15)20/h1-6,8-13H,7H2. The van der Waals surface area contributed by atoms with Crippen LogP contribution in [0.1, 0.15) is 6.42 Å². The third kappa shape index (κ3) is 1.62. The van der Waals surface area contributed by atoms with E-state index in [1.807, 2.05) is 6.21 Å². The van der Waals surface area contributed by atoms with Crippen molar-refractivity contribution in [3.63, 3.8) is 0 Å². The molecule has 0 saturated heterocycles. The largest absolute Gasteiger partial charge is 0.294 e. The molecule has 0 spiro atoms. The van der Waals surface area contributed by atoms with Crippen LogP contribution in [-0.4, -0.2) is 10.8 Å². The van der Waals surface area contributed by atoms with Gasteiger partial charge in [0.15, 0.2) is 0 Å². The van der Waals surface area contributed by atoms with Crippen molar-refractivity contribution in [1.29, 1.82) is 0 Å². The molecule has 0 amide bonds. The Labute approximate surface area is 117 Å². The second-order valence-electron chi connectivity index (χ2n) is 4.87. The maximum absolute atomic E-state index is 4.60. The number of allylic oxidation sites excluding steroid dienone is 3. The van der Waals surface area contributed by atoms with E-state index >= 15 is 0 Å². The molecule has 1 aromatic heterocycles. The van der Waals surface area contributed by atoms with E-state index in [9.17, 15) is 0 Å². The average Bonchev–Trinajstić information content (AvgIpc) is 2.65. The molecule has 0 fully saturated rings. The molecule has 0 unspecified atom stereocenters. The zero-order valence-electron chi connectivity index (χ0n) is 11.0. The van der Waals surface area contributed by atoms with Gasteiger partial charge >= 0.3 is 0 Å². The van der Waals surface area contributed by atoms with E-state index in [0.717, 1.165) is 12.2 Å². The van der Waals surface area contributed by atoms with Gasteiger partial charge in [0, 0.05) is 23.4 Å². The van der Waals surface area contributed by atoms with Crippen molar-refractivity contribution in [3.8, 4) is 0 Å². The quantitative estimate of drug-likeness (QED) is 0.606. The van der Waals surface area contributed by atoms with Crippen LogP contribution < -0.4 is 0 Å². The summed E-state index contributed by atoms with van der Waals surface area (Å²) in [6.07, 6.45) is 9.11. The minimum Gasteiger partial charge on any atom is -0.294 e. The third-order valence-corrected chi connectivity index (χ3v) is 3.66. The first-order valence-electron chi connectivity index (χ1n) is 6.83. The minimum absolute atomic E-state index is 0.886. The molecular weight excluding hydrogens is 244 g/mol. The molecule has 2 aromatic carbocycles. The van der Waals surface area contributed by atoms with Gasteiger partial charge in [-0.15, -0.1) is 0 Å². The van der Waals surface area contributed by atoms with Crippen LogP contribution in [0.15, 0.2) is 71.8 Å². The predicted octanol–water partition coefficient (Wildman–Crippen LogP) is 4.62. The Kier molecular flexibility index (Phi) is 2.52. The summed E-state index contributed by atoms with van der Waals surface area (Å²) in [5.41, 5.74) is 2.40. The summed E-state index contributed by atoms with van der Waals surface area (Å²) in [7, 11) is 0. The van der Waals surface area contributed by atoms with E-state index in [4.69, 9.17) is 0 Å². The summed E-state index contributed by atoms with van der Waals surface area (Å²) < 4.78 is 2.23. The second-order valence-corrected chi connectivity index (χ2v) is 4.87. The van der Waals surface area contributed by atoms with Gasteiger partial charge in [0.25, 0.3) is 0 Å². The monoisotopic (exact) mass is 258 g/mol. The zero-order valence-corrected chi connectivity index (χ0v) is 11.0. The molecule has 2 heterocycles. The number of benzene rings is 2. The van der Waals surface area contributed by atoms with Crippen molar-refractivity contribution >= 4 is 33.8 Å². The number of hydrogen-bond donors (Lipinski definition) is 0. The van der Waals surface area contributed by atoms with Crippen LogP contribution in [0.4, 0.5) is 0 Å². The molecule has 3 aromatic rings. The van der Waals surface area contributed by atoms with Crippen LogP contribution in [0.3, 0.4) is 0 Å². The molecule has 0 aliphatic carbocycles. The van der Waals surface area contributed by atoms with E-state index in [1.165, 1.54) is 21.8 Å². The Balaban J connectivity index is 2.15. The molecule has 1 aliphatic rings. The Morgan fingerprint density at radius 2 is 1.50 bits per heavy atom. The summed E-state index contributed by atoms with van der Waals surface area (Å²) >= 11 is 0. The van der Waals surface area contributed by atoms with Crippen molar-refractivity contribution < 1.29 is 0 Å². The fraction of sp³-hybridized carbons (Fsp3) is 0.0556. The van der Waals surface area contributed by atoms with Crippen molar-refractivity contribution in [2.24, 2.45) is 4.99 Å². The van der Waals surface area contributed by atoms with Gasteiger partial charge in [-0.1, -0.05) is 48.6 Å². The SMILES string of the molecule is C1=CCC=NC(n2c3ccccc3c3ccccc32)=C1. The highest BCUT2D eigenvalue weighted by molar-refractivity contribution is 6.10. The first kappa shape index (κ1) is 11.2. The molecule has 0 atom stereocenters. The third-order valence-electron chi connectivity index (χ3n) is 3.66. The van der Waals surface area contributed by atoms with Crippen LogP contribution in [0.5, 0.6) is 0 Å². The number of fused-ring (bicyclic) bond motifs is 3. The van der Waals surface area contributed by atoms with Crippen LogP contribution in [0.2, 0.25) is 0 Å². The summed E-state index contributed by atoms with van der Waals surface area (Å²) in [4.78, 5) is 4.60. The predicted molar refractivity (Wildman–Crippen MR) is 86.0 cm³/mol. The summed E-state index contributed by atoms with van der Waals surface area (Å²) in [6.45, 7) is 0. The van der Waals surface area contributed by atoms with E-state index in [-0.39, 0.29) is 0 Å². The second kappa shape index (κ2) is 4.49. The Morgan fingerprint density at radius 3 is 2.20 bits per heavy atom. The van der Waals surface area contributed by atoms with Gasteiger partial charge in [-0.2, -0.15) is 0 Å². The van der Waals surface area contributed by atoms with Crippen molar-refractivity contribution in [3.05, 3.63) is 66.8 Å². The van der Waals surface area contributed by atoms with Gasteiger partial charge in [0.2, 0.25) is 0 Å². The lowest BCUT2D eigenvalue weighted by atomic mass is 10.2. The first-order valence-corrected chi connectivity index (χ1v) is 6.83. The molecule has 1 aliphatic heterocycles. The van der Waals surface area contributed by atoms with Crippen LogP contribution >= 0.6 is 0 Å². The smallest absolute Gasteiger partial charge is 0.137 e. The molecule has 2 nitrogen and oxygen atoms in total. The zero-order chi connectivity index (χ0) is 13.4. The molecule has 0 saturated carbocycles. The maximum atomic E-state index is 4.60. The summed E-state index contributed by atoms with van der Waals surface area (Å²) in [5.74, 6) is 0.969. The lowest BCUT2D eigenvalue weighted by molar-refractivity contribution is 1.18. The van der Waals surface area contributed by atoms with E-state index in [1.54, 1.807) is 0 Å². The lowest BCUT2D eigenvalue weighted by Gasteiger charge is -2.06. The van der Waals surface area contributed by atoms with Gasteiger partial charge < -0.3 is 0 Å². The highest BCUT2D eigenvalue weighted by Gasteiger charge is 2.11. The fourth-order valence-corrected chi connectivity index (χ4v) is 2.78. The number of rotatable bonds is 1. The summed E-state index contributed by atoms with van der Waals surface area (Å²) in [6, 6.07) is 17.0. The number of para-hydroxylation sites is 2. The van der Waals surface area contributed by atoms with Gasteiger partial charge in [-0.05, 0) is 18.2 Å². The molecule has 2 heteroatoms. The van der Waals surface area contributed by atoms with Crippen molar-refractivity contribution in [1.82, 2.24) is 4.57 Å². The fourth-order valence-electron chi connectivity index (χ4n) is 2.78. The molecule has 0 N–H and O–H groups in total. The van der Waals surface area contributed by atoms with Crippen LogP contribution in [-0.2, 0) is 0 Å². The van der Waals surface area contributed by atoms with Gasteiger partial charge in [-0.3, -0.25) is 4.57 Å². The van der Waals surface area contributed by atoms with Gasteiger partial charge in [0.05, 0.1) is 11.0 Å². The van der Waals surface area contributed by atoms with Gasteiger partial charge in [0.1, 0.15) is 5.82 Å². The number of nitrogens with zero attached hydrogens (tertiary/aromatic N) is 2. The Bertz CT molecular complexity index is 825. The molecule has 0 bridgehead atoms. The first-order chi connectivity index (χ1) is 9.95. The molecule has 0 radical (unpaired) electrons. The van der Waals surface area contributed by atoms with Crippen molar-refractivity contribution in [2.45, 2.75) is 6.42 Å². The molecule has 96 valence electrons. The summed E-state index contributed by atoms with van der Waals surface area (Å²) in [5, 5.41) is 2.54. The number of aromatic nitrogens is 1. The average molecular weight is 258 g/mol. The highest BCUT2D eigenvalue weighted by Crippen LogP contribution is 2.31. The maximum Gasteiger partial charge on any atom is 0.137 e. The van der Waals surface area contributed by atoms with E-state index in [2.05, 4.69) is 76.3 Å². The van der Waals surface area contributed by atoms with Crippen LogP contribution in [0, 0.1) is 0 Å². The lowest BCUT2D eigenvalue weighted by Crippen LogP contribution is -1.94. The molecule has 20 heavy (non-hydrogen) atoms. The topological polar surface area (TPSA) is 17.3 Å². The highest BCUT2D eigenvalue weighted by atomic mass is 15.1. The number of aliphatic imine (C=N–C) groups is 1. The molecular formula is C18H14N2. The van der Waals surface area contributed by atoms with Crippen LogP contribution in [0.25, 0.3) is 27.6 Å².